The molecule has 2 aliphatic rings. The third-order valence-electron chi connectivity index (χ3n) is 5.25. The van der Waals surface area contributed by atoms with Crippen molar-refractivity contribution in [1.82, 2.24) is 9.88 Å². The minimum atomic E-state index is 0.129. The van der Waals surface area contributed by atoms with Gasteiger partial charge in [0, 0.05) is 18.0 Å². The summed E-state index contributed by atoms with van der Waals surface area (Å²) in [4.78, 5) is 19.7. The van der Waals surface area contributed by atoms with E-state index < -0.39 is 0 Å². The van der Waals surface area contributed by atoms with Gasteiger partial charge in [0.15, 0.2) is 0 Å². The predicted molar refractivity (Wildman–Crippen MR) is 92.4 cm³/mol. The number of hydrogen-bond donors (Lipinski definition) is 0. The van der Waals surface area contributed by atoms with Crippen molar-refractivity contribution in [2.75, 3.05) is 6.54 Å². The molecule has 3 nitrogen and oxygen atoms in total. The largest absolute Gasteiger partial charge is 0.334 e. The number of hydrogen-bond acceptors (Lipinski definition) is 2. The van der Waals surface area contributed by atoms with Crippen LogP contribution in [0.1, 0.15) is 55.4 Å². The van der Waals surface area contributed by atoms with Crippen molar-refractivity contribution in [3.05, 3.63) is 42.1 Å². The third kappa shape index (κ3) is 3.24. The zero-order chi connectivity index (χ0) is 15.6. The lowest BCUT2D eigenvalue weighted by Crippen LogP contribution is -2.38. The van der Waals surface area contributed by atoms with Crippen molar-refractivity contribution in [2.45, 2.75) is 51.0 Å². The van der Waals surface area contributed by atoms with E-state index in [0.717, 1.165) is 30.3 Å². The number of carbonyl (C=O) groups is 1. The average molecular weight is 308 g/mol. The van der Waals surface area contributed by atoms with Crippen LogP contribution in [0.25, 0.3) is 10.9 Å². The first-order valence-corrected chi connectivity index (χ1v) is 8.98. The molecule has 1 heterocycles. The number of carbonyl (C=O) groups excluding carboxylic acids is 1. The topological polar surface area (TPSA) is 33.2 Å². The summed E-state index contributed by atoms with van der Waals surface area (Å²) < 4.78 is 0. The van der Waals surface area contributed by atoms with Gasteiger partial charge in [0.05, 0.1) is 5.52 Å². The molecule has 0 aliphatic heterocycles. The molecule has 0 atom stereocenters. The molecule has 1 aromatic carbocycles. The fraction of sp³-hybridized carbons (Fsp3) is 0.500. The number of rotatable bonds is 4. The second-order valence-corrected chi connectivity index (χ2v) is 7.08. The summed E-state index contributed by atoms with van der Waals surface area (Å²) in [7, 11) is 0. The van der Waals surface area contributed by atoms with Crippen molar-refractivity contribution >= 4 is 16.8 Å². The highest BCUT2D eigenvalue weighted by Crippen LogP contribution is 2.32. The molecule has 3 heteroatoms. The molecule has 1 amide bonds. The Morgan fingerprint density at radius 3 is 2.57 bits per heavy atom. The van der Waals surface area contributed by atoms with Crippen LogP contribution in [0.4, 0.5) is 0 Å². The highest BCUT2D eigenvalue weighted by molar-refractivity contribution is 5.95. The van der Waals surface area contributed by atoms with Gasteiger partial charge in [0.2, 0.25) is 0 Å². The van der Waals surface area contributed by atoms with Crippen LogP contribution in [0.3, 0.4) is 0 Å². The first-order valence-electron chi connectivity index (χ1n) is 8.98. The normalized spacial score (nSPS) is 19.0. The lowest BCUT2D eigenvalue weighted by atomic mass is 9.89. The van der Waals surface area contributed by atoms with Crippen molar-refractivity contribution in [1.29, 1.82) is 0 Å². The van der Waals surface area contributed by atoms with Gasteiger partial charge in [-0.05, 0) is 43.7 Å². The van der Waals surface area contributed by atoms with Crippen molar-refractivity contribution < 1.29 is 4.79 Å². The van der Waals surface area contributed by atoms with Crippen LogP contribution < -0.4 is 0 Å². The van der Waals surface area contributed by atoms with E-state index in [0.29, 0.717) is 17.7 Å². The SMILES string of the molecule is O=C(c1ccc2ccccc2n1)N(CC1CCCCC1)C1CC1. The monoisotopic (exact) mass is 308 g/mol. The van der Waals surface area contributed by atoms with Gasteiger partial charge in [-0.1, -0.05) is 43.5 Å². The minimum absolute atomic E-state index is 0.129. The molecule has 0 radical (unpaired) electrons. The fourth-order valence-electron chi connectivity index (χ4n) is 3.76. The Labute approximate surface area is 137 Å². The summed E-state index contributed by atoms with van der Waals surface area (Å²) in [6.45, 7) is 0.929. The van der Waals surface area contributed by atoms with Crippen LogP contribution in [0.2, 0.25) is 0 Å². The summed E-state index contributed by atoms with van der Waals surface area (Å²) >= 11 is 0. The van der Waals surface area contributed by atoms with Crippen molar-refractivity contribution in [3.8, 4) is 0 Å². The Balaban J connectivity index is 1.55. The van der Waals surface area contributed by atoms with Gasteiger partial charge in [-0.25, -0.2) is 4.98 Å². The van der Waals surface area contributed by atoms with E-state index in [4.69, 9.17) is 0 Å². The van der Waals surface area contributed by atoms with Gasteiger partial charge in [0.1, 0.15) is 5.69 Å². The Hall–Kier alpha value is -1.90. The summed E-state index contributed by atoms with van der Waals surface area (Å²) in [5.74, 6) is 0.817. The summed E-state index contributed by atoms with van der Waals surface area (Å²) in [5, 5.41) is 1.09. The van der Waals surface area contributed by atoms with Gasteiger partial charge in [-0.2, -0.15) is 0 Å². The van der Waals surface area contributed by atoms with Gasteiger partial charge in [0.25, 0.3) is 5.91 Å². The van der Waals surface area contributed by atoms with Crippen LogP contribution in [-0.4, -0.2) is 28.4 Å². The minimum Gasteiger partial charge on any atom is -0.334 e. The molecule has 4 rings (SSSR count). The molecule has 0 saturated heterocycles. The van der Waals surface area contributed by atoms with Gasteiger partial charge < -0.3 is 4.90 Å². The Bertz CT molecular complexity index is 702. The quantitative estimate of drug-likeness (QED) is 0.837. The van der Waals surface area contributed by atoms with Gasteiger partial charge in [-0.3, -0.25) is 4.79 Å². The number of para-hydroxylation sites is 1. The first kappa shape index (κ1) is 14.7. The summed E-state index contributed by atoms with van der Waals surface area (Å²) in [5.41, 5.74) is 1.51. The zero-order valence-corrected chi connectivity index (χ0v) is 13.6. The van der Waals surface area contributed by atoms with E-state index in [2.05, 4.69) is 9.88 Å². The zero-order valence-electron chi connectivity index (χ0n) is 13.6. The molecule has 1 aromatic heterocycles. The molecule has 2 fully saturated rings. The van der Waals surface area contributed by atoms with Crippen LogP contribution in [-0.2, 0) is 0 Å². The van der Waals surface area contributed by atoms with Crippen molar-refractivity contribution in [3.63, 3.8) is 0 Å². The number of fused-ring (bicyclic) bond motifs is 1. The maximum atomic E-state index is 13.0. The molecule has 2 aromatic rings. The number of pyridine rings is 1. The van der Waals surface area contributed by atoms with Crippen LogP contribution in [0, 0.1) is 5.92 Å². The fourth-order valence-corrected chi connectivity index (χ4v) is 3.76. The molecule has 0 spiro atoms. The molecule has 2 aliphatic carbocycles. The summed E-state index contributed by atoms with van der Waals surface area (Å²) in [6, 6.07) is 12.4. The number of nitrogens with zero attached hydrogens (tertiary/aromatic N) is 2. The second kappa shape index (κ2) is 6.31. The first-order chi connectivity index (χ1) is 11.3. The average Bonchev–Trinajstić information content (AvgIpc) is 3.44. The van der Waals surface area contributed by atoms with E-state index in [1.807, 2.05) is 36.4 Å². The van der Waals surface area contributed by atoms with E-state index in [1.54, 1.807) is 0 Å². The lowest BCUT2D eigenvalue weighted by Gasteiger charge is -2.29. The Morgan fingerprint density at radius 2 is 1.78 bits per heavy atom. The van der Waals surface area contributed by atoms with Crippen molar-refractivity contribution in [2.24, 2.45) is 5.92 Å². The van der Waals surface area contributed by atoms with E-state index in [-0.39, 0.29) is 5.91 Å². The third-order valence-corrected chi connectivity index (χ3v) is 5.25. The predicted octanol–water partition coefficient (Wildman–Crippen LogP) is 4.42. The highest BCUT2D eigenvalue weighted by atomic mass is 16.2. The van der Waals surface area contributed by atoms with Crippen LogP contribution in [0.5, 0.6) is 0 Å². The molecule has 0 bridgehead atoms. The Kier molecular flexibility index (Phi) is 4.02. The highest BCUT2D eigenvalue weighted by Gasteiger charge is 2.35. The number of benzene rings is 1. The molecule has 0 unspecified atom stereocenters. The molecule has 2 saturated carbocycles. The van der Waals surface area contributed by atoms with E-state index in [1.165, 1.54) is 32.1 Å². The molecule has 120 valence electrons. The number of amides is 1. The van der Waals surface area contributed by atoms with E-state index in [9.17, 15) is 4.79 Å². The summed E-state index contributed by atoms with van der Waals surface area (Å²) in [6.07, 6.45) is 8.89. The van der Waals surface area contributed by atoms with Gasteiger partial charge in [-0.15, -0.1) is 0 Å². The Morgan fingerprint density at radius 1 is 1.00 bits per heavy atom. The number of aromatic nitrogens is 1. The lowest BCUT2D eigenvalue weighted by molar-refractivity contribution is 0.0693. The molecular formula is C20H24N2O. The van der Waals surface area contributed by atoms with Crippen LogP contribution in [0.15, 0.2) is 36.4 Å². The van der Waals surface area contributed by atoms with E-state index >= 15 is 0 Å². The van der Waals surface area contributed by atoms with Crippen LogP contribution >= 0.6 is 0 Å². The molecule has 23 heavy (non-hydrogen) atoms. The second-order valence-electron chi connectivity index (χ2n) is 7.08. The molecular weight excluding hydrogens is 284 g/mol. The molecule has 0 N–H and O–H groups in total. The van der Waals surface area contributed by atoms with Gasteiger partial charge >= 0.3 is 0 Å². The smallest absolute Gasteiger partial charge is 0.272 e. The maximum Gasteiger partial charge on any atom is 0.272 e. The maximum absolute atomic E-state index is 13.0. The standard InChI is InChI=1S/C20H24N2O/c23-20(19-13-10-16-8-4-5-9-18(16)21-19)22(17-11-12-17)14-15-6-2-1-3-7-15/h4-5,8-10,13,15,17H,1-3,6-7,11-12,14H2.